The van der Waals surface area contributed by atoms with Crippen LogP contribution in [0.5, 0.6) is 0 Å². The fraction of sp³-hybridized carbons (Fsp3) is 0.125. The zero-order valence-electron chi connectivity index (χ0n) is 17.5. The van der Waals surface area contributed by atoms with Crippen LogP contribution in [0.15, 0.2) is 81.5 Å². The number of thioether (sulfide) groups is 1. The summed E-state index contributed by atoms with van der Waals surface area (Å²) in [6.07, 6.45) is 0. The van der Waals surface area contributed by atoms with E-state index in [2.05, 4.69) is 10.3 Å². The number of fused-ring (bicyclic) bond motifs is 2. The van der Waals surface area contributed by atoms with E-state index in [1.54, 1.807) is 28.8 Å². The summed E-state index contributed by atoms with van der Waals surface area (Å²) in [4.78, 5) is 31.1. The third-order valence-electron chi connectivity index (χ3n) is 5.30. The van der Waals surface area contributed by atoms with E-state index in [4.69, 9.17) is 4.98 Å². The second kappa shape index (κ2) is 8.05. The lowest BCUT2D eigenvalue weighted by Crippen LogP contribution is -2.25. The molecule has 158 valence electrons. The van der Waals surface area contributed by atoms with Crippen LogP contribution in [0.1, 0.15) is 11.1 Å². The Bertz CT molecular complexity index is 1610. The van der Waals surface area contributed by atoms with Crippen LogP contribution in [0.2, 0.25) is 0 Å². The summed E-state index contributed by atoms with van der Waals surface area (Å²) in [6.45, 7) is 3.95. The Morgan fingerprint density at radius 2 is 1.53 bits per heavy atom. The molecule has 2 heterocycles. The first-order chi connectivity index (χ1) is 15.5. The van der Waals surface area contributed by atoms with Gasteiger partial charge in [0.15, 0.2) is 5.16 Å². The van der Waals surface area contributed by atoms with Gasteiger partial charge in [0, 0.05) is 0 Å². The number of aromatic nitrogens is 5. The van der Waals surface area contributed by atoms with Crippen molar-refractivity contribution in [1.29, 1.82) is 0 Å². The molecule has 0 radical (unpaired) electrons. The first-order valence-electron chi connectivity index (χ1n) is 10.1. The maximum atomic E-state index is 13.5. The van der Waals surface area contributed by atoms with E-state index in [1.807, 2.05) is 56.3 Å². The highest BCUT2D eigenvalue weighted by Gasteiger charge is 2.16. The van der Waals surface area contributed by atoms with Gasteiger partial charge in [-0.25, -0.2) is 4.98 Å². The van der Waals surface area contributed by atoms with Crippen LogP contribution < -0.4 is 11.1 Å². The average Bonchev–Trinajstić information content (AvgIpc) is 2.81. The lowest BCUT2D eigenvalue weighted by atomic mass is 10.1. The van der Waals surface area contributed by atoms with Gasteiger partial charge in [0.2, 0.25) is 0 Å². The molecule has 0 atom stereocenters. The standard InChI is InChI=1S/C24H19N5O2S/c1-15-11-12-16(2)21(13-15)29-23(31)17-7-3-5-9-19(17)25-24(29)32-14-28-22(30)18-8-4-6-10-20(18)26-27-28/h3-13H,14H2,1-2H3. The molecule has 0 amide bonds. The molecule has 0 aliphatic heterocycles. The molecule has 7 nitrogen and oxygen atoms in total. The molecular weight excluding hydrogens is 422 g/mol. The van der Waals surface area contributed by atoms with Gasteiger partial charge >= 0.3 is 0 Å². The van der Waals surface area contributed by atoms with E-state index in [1.165, 1.54) is 16.4 Å². The van der Waals surface area contributed by atoms with Crippen molar-refractivity contribution in [3.05, 3.63) is 98.6 Å². The highest BCUT2D eigenvalue weighted by atomic mass is 32.2. The first-order valence-corrected chi connectivity index (χ1v) is 11.1. The van der Waals surface area contributed by atoms with Crippen LogP contribution in [-0.4, -0.2) is 24.5 Å². The Kier molecular flexibility index (Phi) is 5.07. The molecular formula is C24H19N5O2S. The van der Waals surface area contributed by atoms with Crippen molar-refractivity contribution >= 4 is 33.6 Å². The van der Waals surface area contributed by atoms with Gasteiger partial charge in [0.25, 0.3) is 11.1 Å². The van der Waals surface area contributed by atoms with Crippen LogP contribution in [0, 0.1) is 13.8 Å². The summed E-state index contributed by atoms with van der Waals surface area (Å²) < 4.78 is 2.91. The summed E-state index contributed by atoms with van der Waals surface area (Å²) in [5.41, 5.74) is 3.55. The van der Waals surface area contributed by atoms with Crippen molar-refractivity contribution in [3.8, 4) is 5.69 Å². The number of rotatable bonds is 4. The van der Waals surface area contributed by atoms with Gasteiger partial charge < -0.3 is 0 Å². The zero-order valence-corrected chi connectivity index (χ0v) is 18.3. The lowest BCUT2D eigenvalue weighted by Gasteiger charge is -2.16. The van der Waals surface area contributed by atoms with E-state index in [0.29, 0.717) is 27.0 Å². The summed E-state index contributed by atoms with van der Waals surface area (Å²) in [6, 6.07) is 20.3. The smallest absolute Gasteiger partial charge is 0.268 e. The lowest BCUT2D eigenvalue weighted by molar-refractivity contribution is 0.642. The maximum Gasteiger partial charge on any atom is 0.278 e. The molecule has 0 saturated carbocycles. The fourth-order valence-electron chi connectivity index (χ4n) is 3.61. The van der Waals surface area contributed by atoms with Gasteiger partial charge in [-0.1, -0.05) is 53.4 Å². The Morgan fingerprint density at radius 3 is 2.31 bits per heavy atom. The van der Waals surface area contributed by atoms with E-state index in [0.717, 1.165) is 16.8 Å². The second-order valence-electron chi connectivity index (χ2n) is 7.53. The van der Waals surface area contributed by atoms with Crippen LogP contribution >= 0.6 is 11.8 Å². The molecule has 0 N–H and O–H groups in total. The highest BCUT2D eigenvalue weighted by Crippen LogP contribution is 2.24. The maximum absolute atomic E-state index is 13.5. The number of benzene rings is 3. The molecule has 5 rings (SSSR count). The van der Waals surface area contributed by atoms with Crippen molar-refractivity contribution in [1.82, 2.24) is 24.5 Å². The van der Waals surface area contributed by atoms with Crippen LogP contribution in [0.3, 0.4) is 0 Å². The quantitative estimate of drug-likeness (QED) is 0.311. The number of aryl methyl sites for hydroxylation is 2. The molecule has 0 aliphatic carbocycles. The molecule has 3 aromatic carbocycles. The Morgan fingerprint density at radius 1 is 0.844 bits per heavy atom. The zero-order chi connectivity index (χ0) is 22.2. The minimum atomic E-state index is -0.232. The van der Waals surface area contributed by atoms with Crippen LogP contribution in [0.4, 0.5) is 0 Å². The van der Waals surface area contributed by atoms with Crippen LogP contribution in [0.25, 0.3) is 27.5 Å². The van der Waals surface area contributed by atoms with Crippen molar-refractivity contribution in [2.75, 3.05) is 0 Å². The van der Waals surface area contributed by atoms with E-state index in [-0.39, 0.29) is 17.0 Å². The molecule has 0 saturated heterocycles. The molecule has 0 bridgehead atoms. The van der Waals surface area contributed by atoms with Gasteiger partial charge in [-0.15, -0.1) is 5.10 Å². The third-order valence-corrected chi connectivity index (χ3v) is 6.20. The van der Waals surface area contributed by atoms with Crippen LogP contribution in [-0.2, 0) is 5.88 Å². The SMILES string of the molecule is Cc1ccc(C)c(-n2c(SCn3nnc4ccccc4c3=O)nc3ccccc3c2=O)c1. The van der Waals surface area contributed by atoms with Gasteiger partial charge in [0.1, 0.15) is 5.52 Å². The Hall–Kier alpha value is -3.78. The molecule has 0 spiro atoms. The van der Waals surface area contributed by atoms with E-state index >= 15 is 0 Å². The predicted molar refractivity (Wildman–Crippen MR) is 126 cm³/mol. The number of hydrogen-bond acceptors (Lipinski definition) is 6. The molecule has 32 heavy (non-hydrogen) atoms. The monoisotopic (exact) mass is 441 g/mol. The fourth-order valence-corrected chi connectivity index (χ4v) is 4.49. The van der Waals surface area contributed by atoms with Crippen molar-refractivity contribution < 1.29 is 0 Å². The largest absolute Gasteiger partial charge is 0.278 e. The van der Waals surface area contributed by atoms with Crippen molar-refractivity contribution in [3.63, 3.8) is 0 Å². The van der Waals surface area contributed by atoms with Gasteiger partial charge in [-0.3, -0.25) is 14.2 Å². The summed E-state index contributed by atoms with van der Waals surface area (Å²) in [7, 11) is 0. The molecule has 5 aromatic rings. The second-order valence-corrected chi connectivity index (χ2v) is 8.44. The predicted octanol–water partition coefficient (Wildman–Crippen LogP) is 3.86. The minimum absolute atomic E-state index is 0.149. The topological polar surface area (TPSA) is 82.7 Å². The summed E-state index contributed by atoms with van der Waals surface area (Å²) in [5, 5.41) is 9.73. The molecule has 0 aliphatic rings. The van der Waals surface area contributed by atoms with Crippen molar-refractivity contribution in [2.45, 2.75) is 24.9 Å². The minimum Gasteiger partial charge on any atom is -0.268 e. The molecule has 0 fully saturated rings. The normalized spacial score (nSPS) is 11.3. The number of para-hydroxylation sites is 1. The highest BCUT2D eigenvalue weighted by molar-refractivity contribution is 7.98. The van der Waals surface area contributed by atoms with Crippen molar-refractivity contribution in [2.24, 2.45) is 0 Å². The first kappa shape index (κ1) is 20.1. The summed E-state index contributed by atoms with van der Waals surface area (Å²) >= 11 is 1.27. The Balaban J connectivity index is 1.65. The van der Waals surface area contributed by atoms with Gasteiger partial charge in [0.05, 0.1) is 27.9 Å². The van der Waals surface area contributed by atoms with E-state index in [9.17, 15) is 9.59 Å². The number of hydrogen-bond donors (Lipinski definition) is 0. The molecule has 2 aromatic heterocycles. The van der Waals surface area contributed by atoms with Gasteiger partial charge in [-0.05, 0) is 55.3 Å². The summed E-state index contributed by atoms with van der Waals surface area (Å²) in [5.74, 6) is 0.173. The van der Waals surface area contributed by atoms with Gasteiger partial charge in [-0.2, -0.15) is 4.68 Å². The Labute approximate surface area is 187 Å². The average molecular weight is 442 g/mol. The third kappa shape index (κ3) is 3.48. The molecule has 8 heteroatoms. The van der Waals surface area contributed by atoms with E-state index < -0.39 is 0 Å². The molecule has 0 unspecified atom stereocenters. The number of nitrogens with zero attached hydrogens (tertiary/aromatic N) is 5.